The van der Waals surface area contributed by atoms with E-state index in [-0.39, 0.29) is 11.9 Å². The minimum atomic E-state index is -0.348. The molecule has 0 aromatic rings. The van der Waals surface area contributed by atoms with Crippen LogP contribution >= 0.6 is 11.6 Å². The van der Waals surface area contributed by atoms with Gasteiger partial charge in [-0.25, -0.2) is 0 Å². The molecule has 0 radical (unpaired) electrons. The van der Waals surface area contributed by atoms with Crippen LogP contribution < -0.4 is 0 Å². The molecule has 0 aliphatic rings. The summed E-state index contributed by atoms with van der Waals surface area (Å²) in [5, 5.41) is 0.694. The van der Waals surface area contributed by atoms with Gasteiger partial charge in [0.25, 0.3) is 0 Å². The number of unbranched alkanes of at least 4 members (excludes halogenated alkanes) is 1. The van der Waals surface area contributed by atoms with Crippen molar-refractivity contribution in [1.82, 2.24) is 0 Å². The molecule has 0 N–H and O–H groups in total. The summed E-state index contributed by atoms with van der Waals surface area (Å²) in [6.45, 7) is 6.25. The Hall–Kier alpha value is -0.760. The molecule has 0 heterocycles. The van der Waals surface area contributed by atoms with Crippen LogP contribution in [0.25, 0.3) is 0 Å². The van der Waals surface area contributed by atoms with E-state index >= 15 is 0 Å². The second kappa shape index (κ2) is 9.46. The van der Waals surface area contributed by atoms with Gasteiger partial charge in [-0.1, -0.05) is 50.1 Å². The molecule has 0 rings (SSSR count). The monoisotopic (exact) mass is 244 g/mol. The minimum Gasteiger partial charge on any atom is -0.465 e. The van der Waals surface area contributed by atoms with Gasteiger partial charge in [0.2, 0.25) is 0 Å². The van der Waals surface area contributed by atoms with Gasteiger partial charge in [-0.3, -0.25) is 4.79 Å². The van der Waals surface area contributed by atoms with Crippen molar-refractivity contribution in [3.8, 4) is 0 Å². The second-order valence-electron chi connectivity index (χ2n) is 3.46. The van der Waals surface area contributed by atoms with E-state index < -0.39 is 0 Å². The van der Waals surface area contributed by atoms with Gasteiger partial charge in [-0.2, -0.15) is 0 Å². The van der Waals surface area contributed by atoms with Crippen molar-refractivity contribution in [2.24, 2.45) is 5.92 Å². The van der Waals surface area contributed by atoms with Crippen molar-refractivity contribution in [3.63, 3.8) is 0 Å². The Kier molecular flexibility index (Phi) is 9.02. The molecular formula is C13H21ClO2. The first-order chi connectivity index (χ1) is 7.65. The quantitative estimate of drug-likeness (QED) is 0.499. The molecule has 0 saturated carbocycles. The number of ether oxygens (including phenoxy) is 1. The number of hydrogen-bond donors (Lipinski definition) is 0. The van der Waals surface area contributed by atoms with Crippen molar-refractivity contribution in [2.45, 2.75) is 40.0 Å². The first-order valence-corrected chi connectivity index (χ1v) is 6.22. The highest BCUT2D eigenvalue weighted by Crippen LogP contribution is 2.14. The highest BCUT2D eigenvalue weighted by molar-refractivity contribution is 6.29. The van der Waals surface area contributed by atoms with Crippen LogP contribution in [0.4, 0.5) is 0 Å². The number of halogens is 1. The molecule has 0 spiro atoms. The molecule has 0 fully saturated rings. The maximum Gasteiger partial charge on any atom is 0.316 e. The predicted octanol–water partition coefficient (Wildman–Crippen LogP) is 4.05. The molecule has 0 aliphatic heterocycles. The lowest BCUT2D eigenvalue weighted by Gasteiger charge is -2.08. The molecule has 0 aliphatic carbocycles. The number of hydrogen-bond acceptors (Lipinski definition) is 2. The Morgan fingerprint density at radius 3 is 2.56 bits per heavy atom. The van der Waals surface area contributed by atoms with Crippen molar-refractivity contribution in [3.05, 3.63) is 23.3 Å². The molecule has 92 valence electrons. The van der Waals surface area contributed by atoms with Gasteiger partial charge in [0.05, 0.1) is 12.5 Å². The highest BCUT2D eigenvalue weighted by Gasteiger charge is 2.13. The lowest BCUT2D eigenvalue weighted by molar-refractivity contribution is -0.144. The summed E-state index contributed by atoms with van der Waals surface area (Å²) in [6, 6.07) is 0. The van der Waals surface area contributed by atoms with Crippen LogP contribution in [0.15, 0.2) is 23.3 Å². The summed E-state index contributed by atoms with van der Waals surface area (Å²) < 4.78 is 4.99. The Labute approximate surface area is 103 Å². The average Bonchev–Trinajstić information content (AvgIpc) is 2.28. The van der Waals surface area contributed by atoms with Crippen LogP contribution in [0, 0.1) is 5.92 Å². The molecule has 1 unspecified atom stereocenters. The Bertz CT molecular complexity index is 257. The van der Waals surface area contributed by atoms with Gasteiger partial charge in [0, 0.05) is 5.03 Å². The van der Waals surface area contributed by atoms with Gasteiger partial charge in [-0.05, 0) is 19.8 Å². The number of carbonyl (C=O) groups excluding carboxylic acids is 1. The van der Waals surface area contributed by atoms with Crippen molar-refractivity contribution in [1.29, 1.82) is 0 Å². The Morgan fingerprint density at radius 2 is 2.06 bits per heavy atom. The summed E-state index contributed by atoms with van der Waals surface area (Å²) in [5.74, 6) is -0.583. The van der Waals surface area contributed by atoms with Gasteiger partial charge in [-0.15, -0.1) is 0 Å². The largest absolute Gasteiger partial charge is 0.465 e. The van der Waals surface area contributed by atoms with E-state index in [2.05, 4.69) is 6.92 Å². The smallest absolute Gasteiger partial charge is 0.316 e. The summed E-state index contributed by atoms with van der Waals surface area (Å²) in [5.41, 5.74) is 0. The van der Waals surface area contributed by atoms with E-state index in [1.54, 1.807) is 13.0 Å². The third kappa shape index (κ3) is 6.67. The Balaban J connectivity index is 4.56. The summed E-state index contributed by atoms with van der Waals surface area (Å²) in [6.07, 6.45) is 8.38. The van der Waals surface area contributed by atoms with Crippen LogP contribution in [-0.4, -0.2) is 12.6 Å². The molecule has 3 heteroatoms. The molecule has 0 amide bonds. The van der Waals surface area contributed by atoms with E-state index in [4.69, 9.17) is 16.3 Å². The van der Waals surface area contributed by atoms with Gasteiger partial charge >= 0.3 is 5.97 Å². The van der Waals surface area contributed by atoms with E-state index in [0.717, 1.165) is 19.3 Å². The van der Waals surface area contributed by atoms with Gasteiger partial charge < -0.3 is 4.74 Å². The summed E-state index contributed by atoms with van der Waals surface area (Å²) >= 11 is 5.94. The molecule has 16 heavy (non-hydrogen) atoms. The standard InChI is InChI=1S/C13H21ClO2/c1-4-7-8-9-11(10-12(14)5-2)13(15)16-6-3/h8-11H,4-7H2,1-3H3/b9-8+,12-10-. The zero-order valence-electron chi connectivity index (χ0n) is 10.3. The number of allylic oxidation sites excluding steroid dienone is 2. The van der Waals surface area contributed by atoms with Crippen molar-refractivity contribution < 1.29 is 9.53 Å². The highest BCUT2D eigenvalue weighted by atomic mass is 35.5. The molecular weight excluding hydrogens is 224 g/mol. The van der Waals surface area contributed by atoms with Crippen LogP contribution in [0.2, 0.25) is 0 Å². The zero-order chi connectivity index (χ0) is 12.4. The number of carbonyl (C=O) groups is 1. The van der Waals surface area contributed by atoms with E-state index in [1.165, 1.54) is 0 Å². The van der Waals surface area contributed by atoms with Crippen molar-refractivity contribution >= 4 is 17.6 Å². The van der Waals surface area contributed by atoms with E-state index in [9.17, 15) is 4.79 Å². The molecule has 1 atom stereocenters. The number of rotatable bonds is 7. The fourth-order valence-electron chi connectivity index (χ4n) is 1.16. The van der Waals surface area contributed by atoms with Crippen LogP contribution in [0.3, 0.4) is 0 Å². The van der Waals surface area contributed by atoms with E-state index in [1.807, 2.05) is 19.1 Å². The van der Waals surface area contributed by atoms with Crippen LogP contribution in [-0.2, 0) is 9.53 Å². The van der Waals surface area contributed by atoms with Gasteiger partial charge in [0.1, 0.15) is 0 Å². The molecule has 0 aromatic carbocycles. The molecule has 2 nitrogen and oxygen atoms in total. The maximum absolute atomic E-state index is 11.6. The van der Waals surface area contributed by atoms with Gasteiger partial charge in [0.15, 0.2) is 0 Å². The molecule has 0 saturated heterocycles. The fourth-order valence-corrected chi connectivity index (χ4v) is 1.30. The molecule has 0 bridgehead atoms. The number of esters is 1. The fraction of sp³-hybridized carbons (Fsp3) is 0.615. The SMILES string of the molecule is CCC/C=C/C(/C=C(\Cl)CC)C(=O)OCC. The first-order valence-electron chi connectivity index (χ1n) is 5.85. The summed E-state index contributed by atoms with van der Waals surface area (Å²) in [4.78, 5) is 11.6. The Morgan fingerprint density at radius 1 is 1.38 bits per heavy atom. The third-order valence-corrected chi connectivity index (χ3v) is 2.45. The zero-order valence-corrected chi connectivity index (χ0v) is 11.1. The van der Waals surface area contributed by atoms with E-state index in [0.29, 0.717) is 11.6 Å². The predicted molar refractivity (Wildman–Crippen MR) is 68.4 cm³/mol. The minimum absolute atomic E-state index is 0.235. The van der Waals surface area contributed by atoms with Crippen LogP contribution in [0.5, 0.6) is 0 Å². The third-order valence-electron chi connectivity index (χ3n) is 2.06. The molecule has 0 aromatic heterocycles. The topological polar surface area (TPSA) is 26.3 Å². The first kappa shape index (κ1) is 15.2. The lowest BCUT2D eigenvalue weighted by Crippen LogP contribution is -2.14. The second-order valence-corrected chi connectivity index (χ2v) is 3.95. The summed E-state index contributed by atoms with van der Waals surface area (Å²) in [7, 11) is 0. The normalized spacial score (nSPS) is 14.1. The van der Waals surface area contributed by atoms with Crippen molar-refractivity contribution in [2.75, 3.05) is 6.61 Å². The lowest BCUT2D eigenvalue weighted by atomic mass is 10.1. The van der Waals surface area contributed by atoms with Crippen LogP contribution in [0.1, 0.15) is 40.0 Å². The average molecular weight is 245 g/mol. The maximum atomic E-state index is 11.6.